The van der Waals surface area contributed by atoms with Gasteiger partial charge >= 0.3 is 0 Å². The number of nitrogens with zero attached hydrogens (tertiary/aromatic N) is 4. The fraction of sp³-hybridized carbons (Fsp3) is 0.100. The van der Waals surface area contributed by atoms with Crippen LogP contribution in [0.2, 0.25) is 5.02 Å². The fourth-order valence-electron chi connectivity index (χ4n) is 3.01. The smallest absolute Gasteiger partial charge is 0.267 e. The standard InChI is InChI=1S/C20H15BrClN5O/c1-12(25-18-14(21)10-23-11-24-18)19-26-16-9-5-8-15(22)17(16)20(28)27(19)13-6-3-2-4-7-13/h2-12H,1H3,(H,23,24,25)/t12-/m0/s1. The minimum atomic E-state index is -0.317. The van der Waals surface area contributed by atoms with Gasteiger partial charge in [0.05, 0.1) is 32.1 Å². The van der Waals surface area contributed by atoms with Gasteiger partial charge in [-0.25, -0.2) is 15.0 Å². The lowest BCUT2D eigenvalue weighted by atomic mass is 10.2. The van der Waals surface area contributed by atoms with Crippen LogP contribution < -0.4 is 10.9 Å². The second-order valence-corrected chi connectivity index (χ2v) is 7.43. The maximum Gasteiger partial charge on any atom is 0.267 e. The number of anilines is 1. The van der Waals surface area contributed by atoms with Crippen molar-refractivity contribution in [2.75, 3.05) is 5.32 Å². The molecule has 2 heterocycles. The van der Waals surface area contributed by atoms with Gasteiger partial charge in [0.25, 0.3) is 5.56 Å². The van der Waals surface area contributed by atoms with Crippen LogP contribution in [0.5, 0.6) is 0 Å². The van der Waals surface area contributed by atoms with E-state index in [9.17, 15) is 4.79 Å². The molecule has 0 amide bonds. The van der Waals surface area contributed by atoms with Gasteiger partial charge in [0, 0.05) is 6.20 Å². The number of hydrogen-bond donors (Lipinski definition) is 1. The molecule has 1 N–H and O–H groups in total. The molecule has 1 atom stereocenters. The molecule has 0 saturated heterocycles. The molecular formula is C20H15BrClN5O. The Balaban J connectivity index is 1.94. The Morgan fingerprint density at radius 1 is 1.14 bits per heavy atom. The van der Waals surface area contributed by atoms with Crippen LogP contribution in [0.15, 0.2) is 70.3 Å². The third kappa shape index (κ3) is 3.39. The quantitative estimate of drug-likeness (QED) is 0.479. The Hall–Kier alpha value is -2.77. The molecule has 0 aliphatic rings. The molecule has 0 spiro atoms. The number of para-hydroxylation sites is 1. The highest BCUT2D eigenvalue weighted by atomic mass is 79.9. The van der Waals surface area contributed by atoms with Crippen molar-refractivity contribution in [1.82, 2.24) is 19.5 Å². The van der Waals surface area contributed by atoms with E-state index in [4.69, 9.17) is 16.6 Å². The van der Waals surface area contributed by atoms with Crippen LogP contribution in [0.25, 0.3) is 16.6 Å². The van der Waals surface area contributed by atoms with Gasteiger partial charge in [0.1, 0.15) is 18.0 Å². The van der Waals surface area contributed by atoms with Crippen molar-refractivity contribution in [1.29, 1.82) is 0 Å². The van der Waals surface area contributed by atoms with E-state index in [1.807, 2.05) is 37.3 Å². The highest BCUT2D eigenvalue weighted by molar-refractivity contribution is 9.10. The van der Waals surface area contributed by atoms with Gasteiger partial charge in [-0.3, -0.25) is 9.36 Å². The van der Waals surface area contributed by atoms with E-state index in [-0.39, 0.29) is 11.6 Å². The van der Waals surface area contributed by atoms with E-state index in [1.165, 1.54) is 6.33 Å². The van der Waals surface area contributed by atoms with Gasteiger partial charge in [-0.15, -0.1) is 0 Å². The normalized spacial score (nSPS) is 12.1. The summed E-state index contributed by atoms with van der Waals surface area (Å²) in [6, 6.07) is 14.3. The molecule has 0 bridgehead atoms. The van der Waals surface area contributed by atoms with Crippen molar-refractivity contribution in [2.45, 2.75) is 13.0 Å². The number of hydrogen-bond acceptors (Lipinski definition) is 5. The number of benzene rings is 2. The molecular weight excluding hydrogens is 442 g/mol. The van der Waals surface area contributed by atoms with Crippen molar-refractivity contribution in [3.05, 3.63) is 86.7 Å². The summed E-state index contributed by atoms with van der Waals surface area (Å²) in [5, 5.41) is 4.07. The zero-order chi connectivity index (χ0) is 19.7. The molecule has 8 heteroatoms. The molecule has 2 aromatic carbocycles. The number of rotatable bonds is 4. The van der Waals surface area contributed by atoms with Crippen LogP contribution in [0.1, 0.15) is 18.8 Å². The third-order valence-electron chi connectivity index (χ3n) is 4.30. The van der Waals surface area contributed by atoms with Crippen molar-refractivity contribution in [3.8, 4) is 5.69 Å². The van der Waals surface area contributed by atoms with Crippen LogP contribution in [-0.2, 0) is 0 Å². The lowest BCUT2D eigenvalue weighted by molar-refractivity contribution is 0.730. The molecule has 4 rings (SSSR count). The minimum Gasteiger partial charge on any atom is -0.359 e. The molecule has 140 valence electrons. The predicted octanol–water partition coefficient (Wildman–Crippen LogP) is 4.76. The second kappa shape index (κ2) is 7.69. The summed E-state index contributed by atoms with van der Waals surface area (Å²) >= 11 is 9.74. The molecule has 0 aliphatic carbocycles. The van der Waals surface area contributed by atoms with Gasteiger partial charge in [-0.1, -0.05) is 35.9 Å². The van der Waals surface area contributed by atoms with E-state index < -0.39 is 0 Å². The van der Waals surface area contributed by atoms with E-state index in [0.29, 0.717) is 33.3 Å². The molecule has 0 radical (unpaired) electrons. The Morgan fingerprint density at radius 2 is 1.93 bits per heavy atom. The first kappa shape index (κ1) is 18.6. The van der Waals surface area contributed by atoms with Gasteiger partial charge in [0.15, 0.2) is 0 Å². The van der Waals surface area contributed by atoms with E-state index >= 15 is 0 Å². The van der Waals surface area contributed by atoms with E-state index in [0.717, 1.165) is 4.47 Å². The Labute approximate surface area is 174 Å². The summed E-state index contributed by atoms with van der Waals surface area (Å²) in [6.45, 7) is 1.92. The lowest BCUT2D eigenvalue weighted by Gasteiger charge is -2.20. The predicted molar refractivity (Wildman–Crippen MR) is 114 cm³/mol. The Morgan fingerprint density at radius 3 is 2.68 bits per heavy atom. The zero-order valence-electron chi connectivity index (χ0n) is 14.8. The number of fused-ring (bicyclic) bond motifs is 1. The number of aromatic nitrogens is 4. The molecule has 28 heavy (non-hydrogen) atoms. The third-order valence-corrected chi connectivity index (χ3v) is 5.19. The summed E-state index contributed by atoms with van der Waals surface area (Å²) in [5.74, 6) is 1.17. The monoisotopic (exact) mass is 455 g/mol. The molecule has 0 saturated carbocycles. The SMILES string of the molecule is C[C@H](Nc1ncncc1Br)c1nc2cccc(Cl)c2c(=O)n1-c1ccccc1. The summed E-state index contributed by atoms with van der Waals surface area (Å²) in [4.78, 5) is 26.3. The van der Waals surface area contributed by atoms with Crippen LogP contribution in [0, 0.1) is 0 Å². The first-order valence-corrected chi connectivity index (χ1v) is 9.72. The van der Waals surface area contributed by atoms with Crippen LogP contribution in [0.3, 0.4) is 0 Å². The van der Waals surface area contributed by atoms with Gasteiger partial charge in [-0.05, 0) is 47.1 Å². The van der Waals surface area contributed by atoms with E-state index in [2.05, 4.69) is 31.2 Å². The second-order valence-electron chi connectivity index (χ2n) is 6.17. The molecule has 2 aromatic heterocycles. The Bertz CT molecular complexity index is 1210. The summed E-state index contributed by atoms with van der Waals surface area (Å²) in [5.41, 5.74) is 1.05. The van der Waals surface area contributed by atoms with Crippen LogP contribution in [-0.4, -0.2) is 19.5 Å². The molecule has 4 aromatic rings. The number of halogens is 2. The van der Waals surface area contributed by atoms with Gasteiger partial charge in [-0.2, -0.15) is 0 Å². The molecule has 0 fully saturated rings. The average molecular weight is 457 g/mol. The topological polar surface area (TPSA) is 72.7 Å². The largest absolute Gasteiger partial charge is 0.359 e. The lowest BCUT2D eigenvalue weighted by Crippen LogP contribution is -2.27. The van der Waals surface area contributed by atoms with Crippen molar-refractivity contribution in [2.24, 2.45) is 0 Å². The molecule has 0 unspecified atom stereocenters. The maximum atomic E-state index is 13.4. The summed E-state index contributed by atoms with van der Waals surface area (Å²) < 4.78 is 2.31. The first-order chi connectivity index (χ1) is 13.6. The highest BCUT2D eigenvalue weighted by Crippen LogP contribution is 2.26. The molecule has 0 aliphatic heterocycles. The number of nitrogens with one attached hydrogen (secondary N) is 1. The van der Waals surface area contributed by atoms with Crippen molar-refractivity contribution in [3.63, 3.8) is 0 Å². The fourth-order valence-corrected chi connectivity index (χ4v) is 3.60. The van der Waals surface area contributed by atoms with Crippen LogP contribution in [0.4, 0.5) is 5.82 Å². The minimum absolute atomic E-state index is 0.216. The summed E-state index contributed by atoms with van der Waals surface area (Å²) in [6.07, 6.45) is 3.11. The van der Waals surface area contributed by atoms with E-state index in [1.54, 1.807) is 29.0 Å². The summed E-state index contributed by atoms with van der Waals surface area (Å²) in [7, 11) is 0. The average Bonchev–Trinajstić information content (AvgIpc) is 2.70. The van der Waals surface area contributed by atoms with Gasteiger partial charge < -0.3 is 5.32 Å². The Kier molecular flexibility index (Phi) is 5.11. The van der Waals surface area contributed by atoms with Crippen molar-refractivity contribution >= 4 is 44.3 Å². The van der Waals surface area contributed by atoms with Gasteiger partial charge in [0.2, 0.25) is 0 Å². The van der Waals surface area contributed by atoms with Crippen molar-refractivity contribution < 1.29 is 0 Å². The molecule has 6 nitrogen and oxygen atoms in total. The maximum absolute atomic E-state index is 13.4. The zero-order valence-corrected chi connectivity index (χ0v) is 17.1. The van der Waals surface area contributed by atoms with Crippen LogP contribution >= 0.6 is 27.5 Å². The first-order valence-electron chi connectivity index (χ1n) is 8.55. The highest BCUT2D eigenvalue weighted by Gasteiger charge is 2.20.